The molecular formula is C43H66Cl2N6O11. The molecule has 0 radical (unpaired) electrons. The summed E-state index contributed by atoms with van der Waals surface area (Å²) < 4.78 is 10.6. The molecule has 6 rings (SSSR count). The summed E-state index contributed by atoms with van der Waals surface area (Å²) >= 11 is 0. The first kappa shape index (κ1) is 55.1. The number of carbonyl (C=O) groups excluding carboxylic acids is 3. The predicted octanol–water partition coefficient (Wildman–Crippen LogP) is 5.23. The van der Waals surface area contributed by atoms with Gasteiger partial charge < -0.3 is 60.5 Å². The van der Waals surface area contributed by atoms with E-state index in [2.05, 4.69) is 20.4 Å². The summed E-state index contributed by atoms with van der Waals surface area (Å²) in [6, 6.07) is 13.0. The lowest BCUT2D eigenvalue weighted by Gasteiger charge is -2.35. The number of hydrogen-bond donors (Lipinski definition) is 8. The van der Waals surface area contributed by atoms with E-state index in [1.165, 1.54) is 24.3 Å². The Bertz CT molecular complexity index is 1760. The number of amides is 2. The van der Waals surface area contributed by atoms with E-state index in [4.69, 9.17) is 19.7 Å². The average Bonchev–Trinajstić information content (AvgIpc) is 3.14. The second-order valence-corrected chi connectivity index (χ2v) is 16.6. The Balaban J connectivity index is 0.000000426. The van der Waals surface area contributed by atoms with Gasteiger partial charge in [0.25, 0.3) is 0 Å². The summed E-state index contributed by atoms with van der Waals surface area (Å²) in [5.41, 5.74) is 1.20. The fourth-order valence-corrected chi connectivity index (χ4v) is 6.16. The summed E-state index contributed by atoms with van der Waals surface area (Å²) in [5.74, 6) is 0.147. The Morgan fingerprint density at radius 2 is 0.823 bits per heavy atom. The van der Waals surface area contributed by atoms with Crippen LogP contribution in [0, 0.1) is 0 Å². The van der Waals surface area contributed by atoms with Crippen LogP contribution in [-0.2, 0) is 22.6 Å². The van der Waals surface area contributed by atoms with Crippen molar-refractivity contribution in [3.63, 3.8) is 0 Å². The Morgan fingerprint density at radius 1 is 0.516 bits per heavy atom. The maximum atomic E-state index is 12.0. The number of phenols is 6. The van der Waals surface area contributed by atoms with Gasteiger partial charge in [-0.25, -0.2) is 9.59 Å². The molecular weight excluding hydrogens is 847 g/mol. The van der Waals surface area contributed by atoms with Gasteiger partial charge >= 0.3 is 12.2 Å². The van der Waals surface area contributed by atoms with Crippen LogP contribution in [0.4, 0.5) is 9.59 Å². The first-order valence-corrected chi connectivity index (χ1v) is 20.0. The molecule has 3 fully saturated rings. The number of aldehydes is 1. The van der Waals surface area contributed by atoms with Gasteiger partial charge in [-0.2, -0.15) is 0 Å². The topological polar surface area (TPSA) is 228 Å². The smallest absolute Gasteiger partial charge is 0.410 e. The van der Waals surface area contributed by atoms with Crippen LogP contribution in [0.1, 0.15) is 63.0 Å². The molecule has 0 bridgehead atoms. The molecule has 0 spiro atoms. The lowest BCUT2D eigenvalue weighted by molar-refractivity contribution is 0.0138. The van der Waals surface area contributed by atoms with Gasteiger partial charge in [0.2, 0.25) is 0 Å². The Morgan fingerprint density at radius 3 is 1.16 bits per heavy atom. The monoisotopic (exact) mass is 912 g/mol. The molecule has 348 valence electrons. The molecule has 3 heterocycles. The number of halogens is 2. The molecule has 8 N–H and O–H groups in total. The fraction of sp³-hybridized carbons (Fsp3) is 0.512. The van der Waals surface area contributed by atoms with Crippen LogP contribution < -0.4 is 10.6 Å². The molecule has 3 saturated heterocycles. The van der Waals surface area contributed by atoms with Gasteiger partial charge in [0.05, 0.1) is 0 Å². The molecule has 19 heteroatoms. The normalized spacial score (nSPS) is 15.6. The van der Waals surface area contributed by atoms with Crippen molar-refractivity contribution in [2.45, 2.75) is 65.8 Å². The van der Waals surface area contributed by atoms with Gasteiger partial charge in [-0.3, -0.25) is 14.6 Å². The van der Waals surface area contributed by atoms with E-state index in [-0.39, 0.29) is 82.7 Å². The summed E-state index contributed by atoms with van der Waals surface area (Å²) in [7, 11) is 0. The van der Waals surface area contributed by atoms with Crippen molar-refractivity contribution >= 4 is 43.3 Å². The minimum Gasteiger partial charge on any atom is -0.508 e. The summed E-state index contributed by atoms with van der Waals surface area (Å²) in [6.07, 6.45) is 0.0792. The zero-order chi connectivity index (χ0) is 44.5. The van der Waals surface area contributed by atoms with Gasteiger partial charge in [0, 0.05) is 115 Å². The maximum absolute atomic E-state index is 12.0. The number of ether oxygens (including phenoxy) is 2. The SMILES string of the molecule is CC(C)(C)OC(=O)N1CCN(Cc2cc(O)cc(O)c2)CC1.CC(C)(C)OC(=O)N1CCNCC1.Cl.Cl.O=Cc1cc(O)cc(O)c1.Oc1cc(O)cc(CN2CCNCC2)c1. The number of piperazine rings is 3. The number of aromatic hydroxyl groups is 6. The van der Waals surface area contributed by atoms with Crippen molar-refractivity contribution in [3.05, 3.63) is 71.3 Å². The Kier molecular flexibility index (Phi) is 23.6. The summed E-state index contributed by atoms with van der Waals surface area (Å²) in [6.45, 7) is 22.6. The van der Waals surface area contributed by atoms with Gasteiger partial charge in [-0.1, -0.05) is 0 Å². The first-order chi connectivity index (χ1) is 28.2. The molecule has 0 saturated carbocycles. The van der Waals surface area contributed by atoms with Crippen molar-refractivity contribution in [2.75, 3.05) is 78.5 Å². The predicted molar refractivity (Wildman–Crippen MR) is 241 cm³/mol. The molecule has 2 amide bonds. The van der Waals surface area contributed by atoms with Crippen LogP contribution in [0.3, 0.4) is 0 Å². The van der Waals surface area contributed by atoms with Crippen molar-refractivity contribution in [1.82, 2.24) is 30.2 Å². The van der Waals surface area contributed by atoms with E-state index >= 15 is 0 Å². The van der Waals surface area contributed by atoms with Gasteiger partial charge in [0.1, 0.15) is 52.0 Å². The van der Waals surface area contributed by atoms with E-state index in [9.17, 15) is 34.8 Å². The van der Waals surface area contributed by atoms with Crippen molar-refractivity contribution in [3.8, 4) is 34.5 Å². The third-order valence-electron chi connectivity index (χ3n) is 8.80. The highest BCUT2D eigenvalue weighted by atomic mass is 35.5. The van der Waals surface area contributed by atoms with E-state index < -0.39 is 5.60 Å². The molecule has 0 aromatic heterocycles. The number of rotatable bonds is 5. The number of nitrogens with one attached hydrogen (secondary N) is 2. The van der Waals surface area contributed by atoms with Crippen LogP contribution >= 0.6 is 24.8 Å². The van der Waals surface area contributed by atoms with Crippen LogP contribution in [0.2, 0.25) is 0 Å². The molecule has 3 aromatic carbocycles. The van der Waals surface area contributed by atoms with E-state index in [0.717, 1.165) is 89.2 Å². The maximum Gasteiger partial charge on any atom is 0.410 e. The molecule has 62 heavy (non-hydrogen) atoms. The van der Waals surface area contributed by atoms with E-state index in [1.807, 2.05) is 41.5 Å². The molecule has 0 unspecified atom stereocenters. The lowest BCUT2D eigenvalue weighted by Crippen LogP contribution is -2.49. The van der Waals surface area contributed by atoms with Crippen LogP contribution in [-0.4, -0.2) is 158 Å². The van der Waals surface area contributed by atoms with Crippen molar-refractivity contribution in [2.24, 2.45) is 0 Å². The molecule has 3 aliphatic heterocycles. The fourth-order valence-electron chi connectivity index (χ4n) is 6.16. The highest BCUT2D eigenvalue weighted by molar-refractivity contribution is 5.85. The standard InChI is InChI=1S/C16H24N2O4.C11H16N2O2.C9H18N2O2.C7H6O3.2ClH/c1-16(2,3)22-15(21)18-6-4-17(5-7-18)11-12-8-13(19)10-14(20)9-12;14-10-5-9(6-11(15)7-10)8-13-3-1-12-2-4-13;1-9(2,3)13-8(12)11-6-4-10-5-7-11;8-4-5-1-6(9)3-7(10)2-5;;/h8-10,19-20H,4-7,11H2,1-3H3;5-7,12,14-15H,1-4,8H2;10H,4-7H2,1-3H3;1-4,9-10H;2*1H. The number of carbonyl (C=O) groups is 3. The van der Waals surface area contributed by atoms with Gasteiger partial charge in [-0.05, 0) is 89.1 Å². The highest BCUT2D eigenvalue weighted by Gasteiger charge is 2.26. The zero-order valence-electron chi connectivity index (χ0n) is 36.5. The van der Waals surface area contributed by atoms with Gasteiger partial charge in [0.15, 0.2) is 0 Å². The molecule has 3 aromatic rings. The van der Waals surface area contributed by atoms with Gasteiger partial charge in [-0.15, -0.1) is 24.8 Å². The van der Waals surface area contributed by atoms with Crippen molar-refractivity contribution < 1.29 is 54.5 Å². The minimum absolute atomic E-state index is 0. The summed E-state index contributed by atoms with van der Waals surface area (Å²) in [5, 5.41) is 61.7. The molecule has 0 atom stereocenters. The highest BCUT2D eigenvalue weighted by Crippen LogP contribution is 2.23. The Labute approximate surface area is 377 Å². The van der Waals surface area contributed by atoms with Crippen LogP contribution in [0.25, 0.3) is 0 Å². The second-order valence-electron chi connectivity index (χ2n) is 16.6. The number of hydrogen-bond acceptors (Lipinski definition) is 15. The summed E-state index contributed by atoms with van der Waals surface area (Å²) in [4.78, 5) is 41.5. The number of phenolic OH excluding ortho intramolecular Hbond substituents is 6. The van der Waals surface area contributed by atoms with Crippen LogP contribution in [0.15, 0.2) is 54.6 Å². The molecule has 17 nitrogen and oxygen atoms in total. The van der Waals surface area contributed by atoms with Crippen molar-refractivity contribution in [1.29, 1.82) is 0 Å². The van der Waals surface area contributed by atoms with E-state index in [0.29, 0.717) is 25.9 Å². The van der Waals surface area contributed by atoms with E-state index in [1.54, 1.807) is 34.1 Å². The first-order valence-electron chi connectivity index (χ1n) is 20.0. The zero-order valence-corrected chi connectivity index (χ0v) is 38.1. The molecule has 0 aliphatic carbocycles. The molecule has 3 aliphatic rings. The number of benzene rings is 3. The quantitative estimate of drug-likeness (QED) is 0.153. The number of nitrogens with zero attached hydrogens (tertiary/aromatic N) is 4. The lowest BCUT2D eigenvalue weighted by atomic mass is 10.1. The minimum atomic E-state index is -0.479. The van der Waals surface area contributed by atoms with Crippen LogP contribution in [0.5, 0.6) is 34.5 Å². The largest absolute Gasteiger partial charge is 0.508 e. The third kappa shape index (κ3) is 22.3. The Hall–Kier alpha value is -4.91. The third-order valence-corrected chi connectivity index (χ3v) is 8.80. The average molecular weight is 914 g/mol. The second kappa shape index (κ2) is 26.5.